The second-order valence-corrected chi connectivity index (χ2v) is 2.47. The van der Waals surface area contributed by atoms with Gasteiger partial charge in [0, 0.05) is 13.5 Å². The number of rotatable bonds is 3. The molecule has 0 bridgehead atoms. The van der Waals surface area contributed by atoms with Gasteiger partial charge in [0.15, 0.2) is 0 Å². The minimum atomic E-state index is 0.706. The second-order valence-electron chi connectivity index (χ2n) is 2.47. The van der Waals surface area contributed by atoms with Gasteiger partial charge in [-0.25, -0.2) is 0 Å². The summed E-state index contributed by atoms with van der Waals surface area (Å²) in [5.41, 5.74) is 2.14. The van der Waals surface area contributed by atoms with Gasteiger partial charge in [0.1, 0.15) is 0 Å². The molecule has 0 radical (unpaired) electrons. The maximum absolute atomic E-state index is 4.92. The van der Waals surface area contributed by atoms with Crippen molar-refractivity contribution in [3.8, 4) is 0 Å². The van der Waals surface area contributed by atoms with Crippen LogP contribution in [0.5, 0.6) is 0 Å². The van der Waals surface area contributed by atoms with E-state index >= 15 is 0 Å². The van der Waals surface area contributed by atoms with Crippen LogP contribution < -0.4 is 0 Å². The maximum atomic E-state index is 4.92. The topological polar surface area (TPSA) is 35.0 Å². The third-order valence-corrected chi connectivity index (χ3v) is 1.40. The minimum absolute atomic E-state index is 0.706. The molecule has 0 spiro atoms. The number of nitrogens with zero attached hydrogens (tertiary/aromatic N) is 2. The molecule has 1 rings (SSSR count). The van der Waals surface area contributed by atoms with Gasteiger partial charge in [-0.2, -0.15) is 10.2 Å². The lowest BCUT2D eigenvalue weighted by molar-refractivity contribution is 0.201. The molecule has 0 aliphatic rings. The summed E-state index contributed by atoms with van der Waals surface area (Å²) in [6.45, 7) is 2.71. The van der Waals surface area contributed by atoms with Gasteiger partial charge in [-0.3, -0.25) is 0 Å². The Bertz CT molecular complexity index is 225. The van der Waals surface area contributed by atoms with Crippen molar-refractivity contribution in [2.75, 3.05) is 13.7 Å². The van der Waals surface area contributed by atoms with Crippen LogP contribution in [0.4, 0.5) is 0 Å². The normalized spacial score (nSPS) is 10.0. The summed E-state index contributed by atoms with van der Waals surface area (Å²) < 4.78 is 4.92. The van der Waals surface area contributed by atoms with E-state index in [9.17, 15) is 0 Å². The monoisotopic (exact) mass is 152 g/mol. The fraction of sp³-hybridized carbons (Fsp3) is 0.500. The largest absolute Gasteiger partial charge is 0.384 e. The van der Waals surface area contributed by atoms with Gasteiger partial charge < -0.3 is 4.74 Å². The Balaban J connectivity index is 2.56. The molecule has 3 heteroatoms. The van der Waals surface area contributed by atoms with E-state index in [1.165, 1.54) is 0 Å². The Morgan fingerprint density at radius 2 is 2.36 bits per heavy atom. The molecule has 0 saturated heterocycles. The van der Waals surface area contributed by atoms with Crippen molar-refractivity contribution in [3.63, 3.8) is 0 Å². The van der Waals surface area contributed by atoms with E-state index < -0.39 is 0 Å². The van der Waals surface area contributed by atoms with E-state index in [2.05, 4.69) is 10.2 Å². The molecule has 0 atom stereocenters. The Morgan fingerprint density at radius 3 is 3.00 bits per heavy atom. The summed E-state index contributed by atoms with van der Waals surface area (Å²) in [4.78, 5) is 0. The number of aryl methyl sites for hydroxylation is 1. The van der Waals surface area contributed by atoms with Crippen molar-refractivity contribution in [2.24, 2.45) is 0 Å². The van der Waals surface area contributed by atoms with Crippen molar-refractivity contribution in [1.82, 2.24) is 10.2 Å². The summed E-state index contributed by atoms with van der Waals surface area (Å²) in [5, 5.41) is 7.78. The first kappa shape index (κ1) is 8.14. The van der Waals surface area contributed by atoms with Crippen LogP contribution in [0.3, 0.4) is 0 Å². The van der Waals surface area contributed by atoms with Crippen LogP contribution in [0.15, 0.2) is 12.3 Å². The molecule has 0 aliphatic carbocycles. The highest BCUT2D eigenvalue weighted by atomic mass is 16.5. The van der Waals surface area contributed by atoms with Crippen LogP contribution in [0.1, 0.15) is 11.3 Å². The number of ether oxygens (including phenoxy) is 1. The van der Waals surface area contributed by atoms with Crippen LogP contribution in [0.2, 0.25) is 0 Å². The Kier molecular flexibility index (Phi) is 2.98. The van der Waals surface area contributed by atoms with E-state index in [4.69, 9.17) is 4.74 Å². The molecular weight excluding hydrogens is 140 g/mol. The van der Waals surface area contributed by atoms with Gasteiger partial charge in [-0.05, 0) is 18.6 Å². The SMILES string of the molecule is COCCc1cc(C)cnn1. The summed E-state index contributed by atoms with van der Waals surface area (Å²) in [6, 6.07) is 2.02. The molecule has 0 fully saturated rings. The molecule has 1 heterocycles. The maximum Gasteiger partial charge on any atom is 0.0656 e. The first-order chi connectivity index (χ1) is 5.33. The fourth-order valence-corrected chi connectivity index (χ4v) is 0.852. The molecule has 1 aromatic heterocycles. The van der Waals surface area contributed by atoms with Crippen molar-refractivity contribution in [2.45, 2.75) is 13.3 Å². The van der Waals surface area contributed by atoms with Crippen molar-refractivity contribution >= 4 is 0 Å². The summed E-state index contributed by atoms with van der Waals surface area (Å²) >= 11 is 0. The van der Waals surface area contributed by atoms with Crippen molar-refractivity contribution in [3.05, 3.63) is 23.5 Å². The fourth-order valence-electron chi connectivity index (χ4n) is 0.852. The molecule has 60 valence electrons. The molecule has 1 aromatic rings. The van der Waals surface area contributed by atoms with Crippen molar-refractivity contribution < 1.29 is 4.74 Å². The molecular formula is C8H12N2O. The number of methoxy groups -OCH3 is 1. The quantitative estimate of drug-likeness (QED) is 0.647. The molecule has 0 unspecified atom stereocenters. The number of hydrogen-bond donors (Lipinski definition) is 0. The summed E-state index contributed by atoms with van der Waals surface area (Å²) in [6.07, 6.45) is 2.58. The van der Waals surface area contributed by atoms with Crippen LogP contribution in [0.25, 0.3) is 0 Å². The molecule has 0 aliphatic heterocycles. The lowest BCUT2D eigenvalue weighted by Gasteiger charge is -1.98. The van der Waals surface area contributed by atoms with Crippen LogP contribution >= 0.6 is 0 Å². The zero-order chi connectivity index (χ0) is 8.10. The first-order valence-electron chi connectivity index (χ1n) is 3.60. The smallest absolute Gasteiger partial charge is 0.0656 e. The molecule has 11 heavy (non-hydrogen) atoms. The van der Waals surface area contributed by atoms with E-state index in [1.54, 1.807) is 13.3 Å². The van der Waals surface area contributed by atoms with Crippen LogP contribution in [-0.4, -0.2) is 23.9 Å². The molecule has 0 N–H and O–H groups in total. The van der Waals surface area contributed by atoms with Crippen LogP contribution in [0, 0.1) is 6.92 Å². The Hall–Kier alpha value is -0.960. The lowest BCUT2D eigenvalue weighted by atomic mass is 10.2. The molecule has 0 aromatic carbocycles. The Morgan fingerprint density at radius 1 is 1.55 bits per heavy atom. The first-order valence-corrected chi connectivity index (χ1v) is 3.60. The third kappa shape index (κ3) is 2.63. The highest BCUT2D eigenvalue weighted by Crippen LogP contribution is 1.97. The van der Waals surface area contributed by atoms with Gasteiger partial charge in [0.25, 0.3) is 0 Å². The van der Waals surface area contributed by atoms with E-state index in [0.717, 1.165) is 17.7 Å². The number of aromatic nitrogens is 2. The van der Waals surface area contributed by atoms with Gasteiger partial charge >= 0.3 is 0 Å². The molecule has 3 nitrogen and oxygen atoms in total. The van der Waals surface area contributed by atoms with Crippen molar-refractivity contribution in [1.29, 1.82) is 0 Å². The lowest BCUT2D eigenvalue weighted by Crippen LogP contribution is -1.98. The van der Waals surface area contributed by atoms with Gasteiger partial charge in [-0.1, -0.05) is 0 Å². The van der Waals surface area contributed by atoms with Gasteiger partial charge in [0.05, 0.1) is 18.5 Å². The van der Waals surface area contributed by atoms with Crippen LogP contribution in [-0.2, 0) is 11.2 Å². The molecule has 0 saturated carbocycles. The predicted molar refractivity (Wildman–Crippen MR) is 42.3 cm³/mol. The highest BCUT2D eigenvalue weighted by Gasteiger charge is 1.94. The Labute approximate surface area is 66.4 Å². The van der Waals surface area contributed by atoms with Gasteiger partial charge in [-0.15, -0.1) is 0 Å². The highest BCUT2D eigenvalue weighted by molar-refractivity contribution is 5.10. The van der Waals surface area contributed by atoms with E-state index in [-0.39, 0.29) is 0 Å². The van der Waals surface area contributed by atoms with E-state index in [0.29, 0.717) is 6.61 Å². The predicted octanol–water partition coefficient (Wildman–Crippen LogP) is 0.974. The average Bonchev–Trinajstić information content (AvgIpc) is 2.01. The van der Waals surface area contributed by atoms with E-state index in [1.807, 2.05) is 13.0 Å². The van der Waals surface area contributed by atoms with Gasteiger partial charge in [0.2, 0.25) is 0 Å². The minimum Gasteiger partial charge on any atom is -0.384 e. The summed E-state index contributed by atoms with van der Waals surface area (Å²) in [7, 11) is 1.68. The molecule has 0 amide bonds. The standard InChI is InChI=1S/C8H12N2O/c1-7-5-8(3-4-11-2)10-9-6-7/h5-6H,3-4H2,1-2H3. The average molecular weight is 152 g/mol. The summed E-state index contributed by atoms with van der Waals surface area (Å²) in [5.74, 6) is 0. The zero-order valence-corrected chi connectivity index (χ0v) is 6.87. The second kappa shape index (κ2) is 4.03. The number of hydrogen-bond acceptors (Lipinski definition) is 3. The third-order valence-electron chi connectivity index (χ3n) is 1.40. The zero-order valence-electron chi connectivity index (χ0n) is 6.87.